The number of thioether (sulfide) groups is 1. The monoisotopic (exact) mass is 452 g/mol. The Labute approximate surface area is 192 Å². The highest BCUT2D eigenvalue weighted by molar-refractivity contribution is 7.98. The summed E-state index contributed by atoms with van der Waals surface area (Å²) in [5.41, 5.74) is 5.68. The predicted octanol–water partition coefficient (Wildman–Crippen LogP) is 7.24. The lowest BCUT2D eigenvalue weighted by atomic mass is 10.1. The minimum atomic E-state index is 0.750. The van der Waals surface area contributed by atoms with Gasteiger partial charge in [0.15, 0.2) is 0 Å². The van der Waals surface area contributed by atoms with Crippen molar-refractivity contribution in [1.82, 2.24) is 0 Å². The van der Waals surface area contributed by atoms with Crippen molar-refractivity contribution in [3.63, 3.8) is 0 Å². The van der Waals surface area contributed by atoms with Crippen LogP contribution >= 0.6 is 35.0 Å². The van der Waals surface area contributed by atoms with E-state index in [0.717, 1.165) is 50.6 Å². The number of anilines is 1. The summed E-state index contributed by atoms with van der Waals surface area (Å²) in [5, 5.41) is 1.51. The van der Waals surface area contributed by atoms with Crippen LogP contribution in [0.5, 0.6) is 0 Å². The van der Waals surface area contributed by atoms with E-state index < -0.39 is 0 Å². The standard InChI is InChI=1S/C25H22Cl2N2S/c1-29-16-15-28-23(21-6-2-3-8-24(21)29)14-11-19-5-4-7-22(27)25(19)30-17-18-9-12-20(26)13-10-18/h2-14H,15-17H2,1H3. The minimum absolute atomic E-state index is 0.750. The first-order valence-corrected chi connectivity index (χ1v) is 11.5. The van der Waals surface area contributed by atoms with Crippen LogP contribution < -0.4 is 4.90 Å². The molecule has 0 spiro atoms. The highest BCUT2D eigenvalue weighted by atomic mass is 35.5. The van der Waals surface area contributed by atoms with E-state index in [-0.39, 0.29) is 0 Å². The Bertz CT molecular complexity index is 1090. The number of benzene rings is 3. The largest absolute Gasteiger partial charge is 0.372 e. The lowest BCUT2D eigenvalue weighted by Gasteiger charge is -2.18. The van der Waals surface area contributed by atoms with Crippen LogP contribution in [0.15, 0.2) is 82.7 Å². The lowest BCUT2D eigenvalue weighted by molar-refractivity contribution is 0.897. The van der Waals surface area contributed by atoms with Crippen molar-refractivity contribution in [3.8, 4) is 0 Å². The Balaban J connectivity index is 1.60. The number of hydrogen-bond donors (Lipinski definition) is 0. The van der Waals surface area contributed by atoms with Gasteiger partial charge < -0.3 is 4.90 Å². The average Bonchev–Trinajstić information content (AvgIpc) is 2.92. The van der Waals surface area contributed by atoms with Crippen molar-refractivity contribution in [3.05, 3.63) is 99.5 Å². The zero-order valence-corrected chi connectivity index (χ0v) is 19.0. The highest BCUT2D eigenvalue weighted by Gasteiger charge is 2.14. The smallest absolute Gasteiger partial charge is 0.0668 e. The van der Waals surface area contributed by atoms with Crippen LogP contribution in [-0.2, 0) is 5.75 Å². The first-order valence-electron chi connectivity index (χ1n) is 9.80. The van der Waals surface area contributed by atoms with Crippen molar-refractivity contribution in [1.29, 1.82) is 0 Å². The van der Waals surface area contributed by atoms with Crippen LogP contribution in [0.3, 0.4) is 0 Å². The molecule has 4 rings (SSSR count). The van der Waals surface area contributed by atoms with Gasteiger partial charge in [-0.15, -0.1) is 11.8 Å². The second kappa shape index (κ2) is 9.74. The fraction of sp³-hybridized carbons (Fsp3) is 0.160. The zero-order chi connectivity index (χ0) is 20.9. The van der Waals surface area contributed by atoms with Gasteiger partial charge in [0.2, 0.25) is 0 Å². The number of para-hydroxylation sites is 1. The molecule has 1 aliphatic heterocycles. The van der Waals surface area contributed by atoms with Crippen molar-refractivity contribution < 1.29 is 0 Å². The molecular formula is C25H22Cl2N2S. The van der Waals surface area contributed by atoms with Gasteiger partial charge in [-0.1, -0.05) is 71.7 Å². The van der Waals surface area contributed by atoms with Gasteiger partial charge in [-0.25, -0.2) is 0 Å². The summed E-state index contributed by atoms with van der Waals surface area (Å²) in [5.74, 6) is 0.830. The van der Waals surface area contributed by atoms with Gasteiger partial charge in [-0.3, -0.25) is 4.99 Å². The summed E-state index contributed by atoms with van der Waals surface area (Å²) < 4.78 is 0. The van der Waals surface area contributed by atoms with Crippen LogP contribution in [0.2, 0.25) is 10.0 Å². The van der Waals surface area contributed by atoms with Gasteiger partial charge in [-0.05, 0) is 41.5 Å². The summed E-state index contributed by atoms with van der Waals surface area (Å²) >= 11 is 14.3. The van der Waals surface area contributed by atoms with Crippen LogP contribution in [0.25, 0.3) is 6.08 Å². The molecule has 0 bridgehead atoms. The van der Waals surface area contributed by atoms with Crippen molar-refractivity contribution in [2.45, 2.75) is 10.6 Å². The molecule has 3 aromatic carbocycles. The molecule has 0 radical (unpaired) electrons. The molecule has 0 fully saturated rings. The third-order valence-corrected chi connectivity index (χ3v) is 6.92. The zero-order valence-electron chi connectivity index (χ0n) is 16.7. The molecule has 0 amide bonds. The van der Waals surface area contributed by atoms with Crippen molar-refractivity contribution >= 4 is 52.4 Å². The van der Waals surface area contributed by atoms with E-state index in [1.54, 1.807) is 11.8 Å². The number of allylic oxidation sites excluding steroid dienone is 1. The molecule has 152 valence electrons. The number of likely N-dealkylation sites (N-methyl/N-ethyl adjacent to an activating group) is 1. The molecule has 5 heteroatoms. The Morgan fingerprint density at radius 1 is 0.967 bits per heavy atom. The lowest BCUT2D eigenvalue weighted by Crippen LogP contribution is -2.20. The summed E-state index contributed by atoms with van der Waals surface area (Å²) in [6.07, 6.45) is 4.23. The van der Waals surface area contributed by atoms with Gasteiger partial charge in [0.1, 0.15) is 0 Å². The van der Waals surface area contributed by atoms with E-state index in [9.17, 15) is 0 Å². The fourth-order valence-electron chi connectivity index (χ4n) is 3.41. The third kappa shape index (κ3) is 4.92. The summed E-state index contributed by atoms with van der Waals surface area (Å²) in [7, 11) is 2.11. The van der Waals surface area contributed by atoms with Gasteiger partial charge in [0.25, 0.3) is 0 Å². The molecule has 0 aromatic heterocycles. The first kappa shape index (κ1) is 21.0. The maximum atomic E-state index is 6.56. The summed E-state index contributed by atoms with van der Waals surface area (Å²) in [6, 6.07) is 22.4. The van der Waals surface area contributed by atoms with E-state index in [2.05, 4.69) is 66.6 Å². The molecule has 1 aliphatic rings. The second-order valence-electron chi connectivity index (χ2n) is 7.11. The van der Waals surface area contributed by atoms with Crippen LogP contribution in [-0.4, -0.2) is 25.8 Å². The van der Waals surface area contributed by atoms with E-state index in [1.165, 1.54) is 11.3 Å². The predicted molar refractivity (Wildman–Crippen MR) is 133 cm³/mol. The topological polar surface area (TPSA) is 15.6 Å². The number of benzodiazepines with no additional fused rings is 1. The summed E-state index contributed by atoms with van der Waals surface area (Å²) in [6.45, 7) is 1.69. The van der Waals surface area contributed by atoms with Gasteiger partial charge in [0, 0.05) is 40.5 Å². The number of fused-ring (bicyclic) bond motifs is 1. The average molecular weight is 453 g/mol. The molecule has 1 heterocycles. The molecule has 0 N–H and O–H groups in total. The number of nitrogens with zero attached hydrogens (tertiary/aromatic N) is 2. The number of halogens is 2. The van der Waals surface area contributed by atoms with Crippen molar-refractivity contribution in [2.24, 2.45) is 4.99 Å². The Morgan fingerprint density at radius 2 is 1.77 bits per heavy atom. The molecule has 0 unspecified atom stereocenters. The molecule has 0 saturated carbocycles. The summed E-state index contributed by atoms with van der Waals surface area (Å²) in [4.78, 5) is 8.15. The highest BCUT2D eigenvalue weighted by Crippen LogP contribution is 2.34. The quantitative estimate of drug-likeness (QED) is 0.379. The van der Waals surface area contributed by atoms with E-state index in [4.69, 9.17) is 28.2 Å². The van der Waals surface area contributed by atoms with Crippen molar-refractivity contribution in [2.75, 3.05) is 25.0 Å². The third-order valence-electron chi connectivity index (χ3n) is 5.02. The molecule has 3 aromatic rings. The van der Waals surface area contributed by atoms with Crippen LogP contribution in [0, 0.1) is 0 Å². The maximum Gasteiger partial charge on any atom is 0.0668 e. The molecule has 30 heavy (non-hydrogen) atoms. The van der Waals surface area contributed by atoms with Gasteiger partial charge >= 0.3 is 0 Å². The van der Waals surface area contributed by atoms with Crippen LogP contribution in [0.1, 0.15) is 16.7 Å². The first-order chi connectivity index (χ1) is 14.6. The Kier molecular flexibility index (Phi) is 6.83. The SMILES string of the molecule is CN1CCN=C(C=Cc2cccc(Cl)c2SCc2ccc(Cl)cc2)c2ccccc21. The van der Waals surface area contributed by atoms with E-state index in [0.29, 0.717) is 0 Å². The van der Waals surface area contributed by atoms with Crippen LogP contribution in [0.4, 0.5) is 5.69 Å². The molecule has 0 atom stereocenters. The number of hydrogen-bond acceptors (Lipinski definition) is 3. The number of rotatable bonds is 5. The molecule has 0 saturated heterocycles. The second-order valence-corrected chi connectivity index (χ2v) is 8.94. The molecular weight excluding hydrogens is 431 g/mol. The maximum absolute atomic E-state index is 6.56. The van der Waals surface area contributed by atoms with Gasteiger partial charge in [0.05, 0.1) is 17.3 Å². The molecule has 2 nitrogen and oxygen atoms in total. The normalized spacial score (nSPS) is 13.8. The van der Waals surface area contributed by atoms with E-state index in [1.807, 2.05) is 24.3 Å². The Morgan fingerprint density at radius 3 is 2.60 bits per heavy atom. The minimum Gasteiger partial charge on any atom is -0.372 e. The van der Waals surface area contributed by atoms with Gasteiger partial charge in [-0.2, -0.15) is 0 Å². The van der Waals surface area contributed by atoms with E-state index >= 15 is 0 Å². The number of aliphatic imine (C=N–C) groups is 1. The fourth-order valence-corrected chi connectivity index (χ4v) is 4.89. The molecule has 0 aliphatic carbocycles. The Hall–Kier alpha value is -2.20.